The molecule has 4 heteroatoms. The Hall–Kier alpha value is -0.220. The topological polar surface area (TPSA) is 29.5 Å². The Morgan fingerprint density at radius 2 is 1.95 bits per heavy atom. The zero-order chi connectivity index (χ0) is 14.0. The molecule has 0 bridgehead atoms. The minimum atomic E-state index is -0.400. The third-order valence-electron chi connectivity index (χ3n) is 4.59. The van der Waals surface area contributed by atoms with Crippen LogP contribution in [0.5, 0.6) is 0 Å². The van der Waals surface area contributed by atoms with Crippen LogP contribution in [-0.4, -0.2) is 28.8 Å². The van der Waals surface area contributed by atoms with Crippen LogP contribution in [0.2, 0.25) is 5.02 Å². The fraction of sp³-hybridized carbons (Fsp3) is 0.625. The van der Waals surface area contributed by atoms with E-state index in [9.17, 15) is 5.11 Å². The van der Waals surface area contributed by atoms with Crippen molar-refractivity contribution in [3.63, 3.8) is 0 Å². The summed E-state index contributed by atoms with van der Waals surface area (Å²) in [6.07, 6.45) is 3.78. The molecule has 110 valence electrons. The highest BCUT2D eigenvalue weighted by Crippen LogP contribution is 2.43. The molecule has 2 heterocycles. The predicted octanol–water partition coefficient (Wildman–Crippen LogP) is 4.07. The summed E-state index contributed by atoms with van der Waals surface area (Å²) in [7, 11) is 0. The van der Waals surface area contributed by atoms with Crippen LogP contribution in [0.1, 0.15) is 37.4 Å². The van der Waals surface area contributed by atoms with Gasteiger partial charge in [-0.15, -0.1) is 0 Å². The van der Waals surface area contributed by atoms with E-state index >= 15 is 0 Å². The molecule has 0 aromatic heterocycles. The number of benzene rings is 1. The molecular weight excluding hydrogens is 292 g/mol. The van der Waals surface area contributed by atoms with Gasteiger partial charge in [0.2, 0.25) is 0 Å². The Labute approximate surface area is 129 Å². The normalized spacial score (nSPS) is 27.4. The summed E-state index contributed by atoms with van der Waals surface area (Å²) in [4.78, 5) is 0. The molecule has 1 spiro atoms. The fourth-order valence-electron chi connectivity index (χ4n) is 3.36. The van der Waals surface area contributed by atoms with Crippen molar-refractivity contribution in [1.82, 2.24) is 0 Å². The molecule has 1 aromatic rings. The van der Waals surface area contributed by atoms with Crippen molar-refractivity contribution >= 4 is 23.4 Å². The van der Waals surface area contributed by atoms with Gasteiger partial charge in [0.25, 0.3) is 0 Å². The standard InChI is InChI=1S/C16H21ClO2S/c17-14-3-1-12(2-4-14)15(18)13-5-8-19-16(11-13)6-9-20-10-7-16/h1-4,13,15,18H,5-11H2. The lowest BCUT2D eigenvalue weighted by molar-refractivity contribution is -0.121. The molecule has 2 atom stereocenters. The molecule has 2 saturated heterocycles. The summed E-state index contributed by atoms with van der Waals surface area (Å²) in [5.41, 5.74) is 1.00. The van der Waals surface area contributed by atoms with E-state index in [0.29, 0.717) is 10.9 Å². The second kappa shape index (κ2) is 6.27. The van der Waals surface area contributed by atoms with Gasteiger partial charge in [0.1, 0.15) is 0 Å². The van der Waals surface area contributed by atoms with Gasteiger partial charge >= 0.3 is 0 Å². The average molecular weight is 313 g/mol. The number of hydrogen-bond acceptors (Lipinski definition) is 3. The van der Waals surface area contributed by atoms with Crippen molar-refractivity contribution < 1.29 is 9.84 Å². The predicted molar refractivity (Wildman–Crippen MR) is 84.4 cm³/mol. The van der Waals surface area contributed by atoms with Crippen LogP contribution in [-0.2, 0) is 4.74 Å². The number of thioether (sulfide) groups is 1. The van der Waals surface area contributed by atoms with Crippen molar-refractivity contribution in [3.05, 3.63) is 34.9 Å². The molecule has 1 N–H and O–H groups in total. The van der Waals surface area contributed by atoms with E-state index in [2.05, 4.69) is 0 Å². The first-order valence-corrected chi connectivity index (χ1v) is 8.87. The molecule has 1 aromatic carbocycles. The number of ether oxygens (including phenoxy) is 1. The smallest absolute Gasteiger partial charge is 0.0820 e. The first-order valence-electron chi connectivity index (χ1n) is 7.34. The van der Waals surface area contributed by atoms with E-state index in [1.807, 2.05) is 36.0 Å². The minimum absolute atomic E-state index is 0.0293. The van der Waals surface area contributed by atoms with Crippen LogP contribution >= 0.6 is 23.4 Å². The maximum absolute atomic E-state index is 10.6. The largest absolute Gasteiger partial charge is 0.388 e. The lowest BCUT2D eigenvalue weighted by atomic mass is 9.78. The third kappa shape index (κ3) is 3.16. The molecule has 0 saturated carbocycles. The van der Waals surface area contributed by atoms with Gasteiger partial charge in [-0.25, -0.2) is 0 Å². The number of aliphatic hydroxyl groups excluding tert-OH is 1. The van der Waals surface area contributed by atoms with E-state index in [1.165, 1.54) is 11.5 Å². The summed E-state index contributed by atoms with van der Waals surface area (Å²) in [6, 6.07) is 7.58. The SMILES string of the molecule is OC(c1ccc(Cl)cc1)C1CCOC2(CCSCC2)C1. The zero-order valence-corrected chi connectivity index (χ0v) is 13.1. The zero-order valence-electron chi connectivity index (χ0n) is 11.6. The molecule has 2 aliphatic heterocycles. The van der Waals surface area contributed by atoms with Gasteiger partial charge < -0.3 is 9.84 Å². The van der Waals surface area contributed by atoms with Crippen molar-refractivity contribution in [1.29, 1.82) is 0 Å². The van der Waals surface area contributed by atoms with Gasteiger partial charge in [-0.05, 0) is 60.8 Å². The van der Waals surface area contributed by atoms with Gasteiger partial charge in [0.05, 0.1) is 11.7 Å². The molecule has 2 fully saturated rings. The van der Waals surface area contributed by atoms with Crippen LogP contribution in [0, 0.1) is 5.92 Å². The summed E-state index contributed by atoms with van der Waals surface area (Å²) >= 11 is 7.93. The first kappa shape index (κ1) is 14.7. The number of hydrogen-bond donors (Lipinski definition) is 1. The van der Waals surface area contributed by atoms with Crippen LogP contribution < -0.4 is 0 Å². The Morgan fingerprint density at radius 1 is 1.25 bits per heavy atom. The second-order valence-electron chi connectivity index (χ2n) is 5.89. The Morgan fingerprint density at radius 3 is 2.65 bits per heavy atom. The molecule has 2 nitrogen and oxygen atoms in total. The maximum atomic E-state index is 10.6. The van der Waals surface area contributed by atoms with E-state index < -0.39 is 6.10 Å². The highest BCUT2D eigenvalue weighted by Gasteiger charge is 2.40. The first-order chi connectivity index (χ1) is 9.69. The lowest BCUT2D eigenvalue weighted by Gasteiger charge is -2.44. The molecular formula is C16H21ClO2S. The van der Waals surface area contributed by atoms with Crippen molar-refractivity contribution in [2.45, 2.75) is 37.4 Å². The van der Waals surface area contributed by atoms with Gasteiger partial charge in [0, 0.05) is 11.6 Å². The Kier molecular flexibility index (Phi) is 4.61. The molecule has 2 unspecified atom stereocenters. The molecule has 0 amide bonds. The van der Waals surface area contributed by atoms with Crippen LogP contribution in [0.3, 0.4) is 0 Å². The monoisotopic (exact) mass is 312 g/mol. The number of aliphatic hydroxyl groups is 1. The van der Waals surface area contributed by atoms with Crippen molar-refractivity contribution in [2.75, 3.05) is 18.1 Å². The average Bonchev–Trinajstić information content (AvgIpc) is 2.48. The van der Waals surface area contributed by atoms with E-state index in [4.69, 9.17) is 16.3 Å². The number of rotatable bonds is 2. The van der Waals surface area contributed by atoms with Gasteiger partial charge in [-0.2, -0.15) is 11.8 Å². The van der Waals surface area contributed by atoms with Crippen LogP contribution in [0.4, 0.5) is 0 Å². The third-order valence-corrected chi connectivity index (χ3v) is 5.83. The summed E-state index contributed by atoms with van der Waals surface area (Å²) in [5.74, 6) is 2.67. The molecule has 20 heavy (non-hydrogen) atoms. The second-order valence-corrected chi connectivity index (χ2v) is 7.55. The summed E-state index contributed by atoms with van der Waals surface area (Å²) < 4.78 is 6.10. The highest BCUT2D eigenvalue weighted by molar-refractivity contribution is 7.99. The summed E-state index contributed by atoms with van der Waals surface area (Å²) in [6.45, 7) is 0.778. The van der Waals surface area contributed by atoms with Crippen LogP contribution in [0.25, 0.3) is 0 Å². The lowest BCUT2D eigenvalue weighted by Crippen LogP contribution is -2.44. The molecule has 3 rings (SSSR count). The van der Waals surface area contributed by atoms with E-state index in [-0.39, 0.29) is 5.60 Å². The molecule has 2 aliphatic rings. The quantitative estimate of drug-likeness (QED) is 0.893. The number of halogens is 1. The van der Waals surface area contributed by atoms with Gasteiger partial charge in [0.15, 0.2) is 0 Å². The van der Waals surface area contributed by atoms with Gasteiger partial charge in [-0.3, -0.25) is 0 Å². The highest BCUT2D eigenvalue weighted by atomic mass is 35.5. The van der Waals surface area contributed by atoms with Gasteiger partial charge in [-0.1, -0.05) is 23.7 Å². The maximum Gasteiger partial charge on any atom is 0.0820 e. The fourth-order valence-corrected chi connectivity index (χ4v) is 4.72. The Balaban J connectivity index is 1.71. The van der Waals surface area contributed by atoms with Crippen molar-refractivity contribution in [3.8, 4) is 0 Å². The molecule has 0 radical (unpaired) electrons. The minimum Gasteiger partial charge on any atom is -0.388 e. The Bertz CT molecular complexity index is 437. The van der Waals surface area contributed by atoms with Crippen molar-refractivity contribution in [2.24, 2.45) is 5.92 Å². The van der Waals surface area contributed by atoms with Crippen LogP contribution in [0.15, 0.2) is 24.3 Å². The summed E-state index contributed by atoms with van der Waals surface area (Å²) in [5, 5.41) is 11.4. The van der Waals surface area contributed by atoms with E-state index in [1.54, 1.807) is 0 Å². The van der Waals surface area contributed by atoms with E-state index in [0.717, 1.165) is 37.9 Å². The molecule has 0 aliphatic carbocycles.